The van der Waals surface area contributed by atoms with Crippen LogP contribution in [0.3, 0.4) is 0 Å². The minimum Gasteiger partial charge on any atom is -0.381 e. The Bertz CT molecular complexity index is 169. The van der Waals surface area contributed by atoms with Crippen LogP contribution in [0.15, 0.2) is 0 Å². The Morgan fingerprint density at radius 1 is 1.29 bits per heavy atom. The van der Waals surface area contributed by atoms with Crippen molar-refractivity contribution in [1.29, 1.82) is 0 Å². The molecule has 1 heterocycles. The van der Waals surface area contributed by atoms with E-state index in [1.807, 2.05) is 0 Å². The second-order valence-electron chi connectivity index (χ2n) is 4.67. The molecule has 0 amide bonds. The largest absolute Gasteiger partial charge is 0.381 e. The lowest BCUT2D eigenvalue weighted by Gasteiger charge is -2.21. The van der Waals surface area contributed by atoms with Crippen LogP contribution in [0.2, 0.25) is 0 Å². The third-order valence-corrected chi connectivity index (χ3v) is 3.65. The zero-order chi connectivity index (χ0) is 9.80. The first-order chi connectivity index (χ1) is 6.90. The molecule has 0 aromatic carbocycles. The lowest BCUT2D eigenvalue weighted by atomic mass is 10.0. The van der Waals surface area contributed by atoms with E-state index in [4.69, 9.17) is 10.5 Å². The molecule has 1 aliphatic heterocycles. The fourth-order valence-electron chi connectivity index (χ4n) is 2.65. The fraction of sp³-hybridized carbons (Fsp3) is 1.00. The number of nitrogens with two attached hydrogens (primary N) is 1. The number of hydrogen-bond acceptors (Lipinski definition) is 3. The van der Waals surface area contributed by atoms with Crippen molar-refractivity contribution in [2.45, 2.75) is 31.7 Å². The fourth-order valence-corrected chi connectivity index (χ4v) is 2.65. The van der Waals surface area contributed by atoms with Crippen molar-refractivity contribution in [1.82, 2.24) is 5.32 Å². The average Bonchev–Trinajstić information content (AvgIpc) is 2.85. The second kappa shape index (κ2) is 5.10. The summed E-state index contributed by atoms with van der Waals surface area (Å²) in [5.74, 6) is 1.46. The van der Waals surface area contributed by atoms with Gasteiger partial charge in [-0.3, -0.25) is 0 Å². The van der Waals surface area contributed by atoms with Crippen molar-refractivity contribution in [3.05, 3.63) is 0 Å². The summed E-state index contributed by atoms with van der Waals surface area (Å²) in [7, 11) is 0. The summed E-state index contributed by atoms with van der Waals surface area (Å²) in [4.78, 5) is 0. The molecular formula is C11H22N2O. The van der Waals surface area contributed by atoms with E-state index in [0.29, 0.717) is 6.04 Å². The first kappa shape index (κ1) is 10.4. The van der Waals surface area contributed by atoms with Crippen molar-refractivity contribution >= 4 is 0 Å². The van der Waals surface area contributed by atoms with E-state index in [1.54, 1.807) is 0 Å². The van der Waals surface area contributed by atoms with Crippen molar-refractivity contribution in [3.8, 4) is 0 Å². The molecule has 1 saturated carbocycles. The highest BCUT2D eigenvalue weighted by Gasteiger charge is 2.26. The van der Waals surface area contributed by atoms with Gasteiger partial charge in [0.1, 0.15) is 0 Å². The van der Waals surface area contributed by atoms with Crippen molar-refractivity contribution < 1.29 is 4.74 Å². The average molecular weight is 198 g/mol. The summed E-state index contributed by atoms with van der Waals surface area (Å²) >= 11 is 0. The van der Waals surface area contributed by atoms with Gasteiger partial charge in [0.25, 0.3) is 0 Å². The van der Waals surface area contributed by atoms with E-state index in [9.17, 15) is 0 Å². The Kier molecular flexibility index (Phi) is 3.79. The summed E-state index contributed by atoms with van der Waals surface area (Å²) in [6, 6.07) is 0.681. The molecule has 2 aliphatic rings. The Hall–Kier alpha value is -0.120. The summed E-state index contributed by atoms with van der Waals surface area (Å²) < 4.78 is 5.36. The first-order valence-corrected chi connectivity index (χ1v) is 5.91. The Morgan fingerprint density at radius 3 is 2.93 bits per heavy atom. The minimum absolute atomic E-state index is 0.681. The first-order valence-electron chi connectivity index (χ1n) is 5.91. The Morgan fingerprint density at radius 2 is 2.21 bits per heavy atom. The van der Waals surface area contributed by atoms with Crippen LogP contribution >= 0.6 is 0 Å². The van der Waals surface area contributed by atoms with Crippen LogP contribution in [0.25, 0.3) is 0 Å². The van der Waals surface area contributed by atoms with Crippen molar-refractivity contribution in [2.24, 2.45) is 17.6 Å². The van der Waals surface area contributed by atoms with E-state index in [1.165, 1.54) is 25.7 Å². The van der Waals surface area contributed by atoms with Gasteiger partial charge in [-0.15, -0.1) is 0 Å². The molecule has 82 valence electrons. The van der Waals surface area contributed by atoms with E-state index in [-0.39, 0.29) is 0 Å². The molecule has 1 aliphatic carbocycles. The van der Waals surface area contributed by atoms with E-state index < -0.39 is 0 Å². The maximum Gasteiger partial charge on any atom is 0.0507 e. The number of ether oxygens (including phenoxy) is 1. The summed E-state index contributed by atoms with van der Waals surface area (Å²) in [6.45, 7) is 3.88. The topological polar surface area (TPSA) is 47.3 Å². The maximum absolute atomic E-state index is 5.74. The number of nitrogens with one attached hydrogen (secondary N) is 1. The van der Waals surface area contributed by atoms with Gasteiger partial charge in [0.2, 0.25) is 0 Å². The van der Waals surface area contributed by atoms with Crippen molar-refractivity contribution in [2.75, 3.05) is 26.3 Å². The van der Waals surface area contributed by atoms with E-state index >= 15 is 0 Å². The summed E-state index contributed by atoms with van der Waals surface area (Å²) in [6.07, 6.45) is 5.21. The minimum atomic E-state index is 0.681. The zero-order valence-corrected chi connectivity index (χ0v) is 8.87. The van der Waals surface area contributed by atoms with Crippen LogP contribution in [0.1, 0.15) is 25.7 Å². The highest BCUT2D eigenvalue weighted by molar-refractivity contribution is 4.84. The van der Waals surface area contributed by atoms with Gasteiger partial charge in [0.05, 0.1) is 6.61 Å². The maximum atomic E-state index is 5.74. The van der Waals surface area contributed by atoms with Crippen LogP contribution in [0, 0.1) is 11.8 Å². The molecule has 3 unspecified atom stereocenters. The standard InChI is InChI=1S/C11H22N2O/c12-6-10-2-1-3-11(10)13-7-9-4-5-14-8-9/h9-11,13H,1-8,12H2. The molecule has 0 aromatic rings. The van der Waals surface area contributed by atoms with Gasteiger partial charge in [-0.1, -0.05) is 6.42 Å². The SMILES string of the molecule is NCC1CCCC1NCC1CCOC1. The molecule has 0 aromatic heterocycles. The smallest absolute Gasteiger partial charge is 0.0507 e. The molecular weight excluding hydrogens is 176 g/mol. The normalized spacial score (nSPS) is 37.9. The van der Waals surface area contributed by atoms with Gasteiger partial charge >= 0.3 is 0 Å². The lowest BCUT2D eigenvalue weighted by Crippen LogP contribution is -2.38. The molecule has 3 heteroatoms. The summed E-state index contributed by atoms with van der Waals surface area (Å²) in [5.41, 5.74) is 5.74. The number of rotatable bonds is 4. The lowest BCUT2D eigenvalue weighted by molar-refractivity contribution is 0.184. The van der Waals surface area contributed by atoms with Crippen LogP contribution in [0.5, 0.6) is 0 Å². The molecule has 0 radical (unpaired) electrons. The summed E-state index contributed by atoms with van der Waals surface area (Å²) in [5, 5.41) is 3.66. The van der Waals surface area contributed by atoms with Crippen LogP contribution in [0.4, 0.5) is 0 Å². The molecule has 0 bridgehead atoms. The molecule has 2 rings (SSSR count). The molecule has 14 heavy (non-hydrogen) atoms. The van der Waals surface area contributed by atoms with Gasteiger partial charge < -0.3 is 15.8 Å². The van der Waals surface area contributed by atoms with Gasteiger partial charge in [0, 0.05) is 19.2 Å². The zero-order valence-electron chi connectivity index (χ0n) is 8.87. The molecule has 3 nitrogen and oxygen atoms in total. The Labute approximate surface area is 86.4 Å². The predicted molar refractivity (Wildman–Crippen MR) is 57.1 cm³/mol. The molecule has 2 fully saturated rings. The molecule has 3 N–H and O–H groups in total. The van der Waals surface area contributed by atoms with Crippen LogP contribution in [-0.2, 0) is 4.74 Å². The quantitative estimate of drug-likeness (QED) is 0.700. The van der Waals surface area contributed by atoms with Crippen molar-refractivity contribution in [3.63, 3.8) is 0 Å². The monoisotopic (exact) mass is 198 g/mol. The van der Waals surface area contributed by atoms with Crippen LogP contribution < -0.4 is 11.1 Å². The van der Waals surface area contributed by atoms with Gasteiger partial charge in [-0.25, -0.2) is 0 Å². The highest BCUT2D eigenvalue weighted by Crippen LogP contribution is 2.25. The van der Waals surface area contributed by atoms with E-state index in [2.05, 4.69) is 5.32 Å². The molecule has 3 atom stereocenters. The van der Waals surface area contributed by atoms with Gasteiger partial charge in [-0.2, -0.15) is 0 Å². The third-order valence-electron chi connectivity index (χ3n) is 3.65. The van der Waals surface area contributed by atoms with E-state index in [0.717, 1.165) is 38.1 Å². The van der Waals surface area contributed by atoms with Gasteiger partial charge in [-0.05, 0) is 37.6 Å². The highest BCUT2D eigenvalue weighted by atomic mass is 16.5. The predicted octanol–water partition coefficient (Wildman–Crippen LogP) is 0.740. The molecule has 0 spiro atoms. The second-order valence-corrected chi connectivity index (χ2v) is 4.67. The third kappa shape index (κ3) is 2.47. The Balaban J connectivity index is 1.68. The molecule has 1 saturated heterocycles. The van der Waals surface area contributed by atoms with Crippen LogP contribution in [-0.4, -0.2) is 32.3 Å². The number of hydrogen-bond donors (Lipinski definition) is 2. The van der Waals surface area contributed by atoms with Gasteiger partial charge in [0.15, 0.2) is 0 Å².